The number of carbonyl (C=O) groups is 1. The molecule has 0 saturated heterocycles. The van der Waals surface area contributed by atoms with E-state index in [1.165, 1.54) is 0 Å². The SMILES string of the molecule is C[n+]1ccn(CCCCC(=O)N[C@@H](c2ccccc2)[C@@H](N)c2ccccc2)c1. The predicted molar refractivity (Wildman–Crippen MR) is 110 cm³/mol. The number of aryl methyl sites for hydroxylation is 2. The van der Waals surface area contributed by atoms with Crippen LogP contribution in [0.25, 0.3) is 0 Å². The molecular weight excluding hydrogens is 348 g/mol. The molecule has 3 N–H and O–H groups in total. The first-order chi connectivity index (χ1) is 13.6. The minimum absolute atomic E-state index is 0.0401. The largest absolute Gasteiger partial charge is 0.347 e. The van der Waals surface area contributed by atoms with Crippen LogP contribution in [0.3, 0.4) is 0 Å². The Hall–Kier alpha value is -2.92. The van der Waals surface area contributed by atoms with Gasteiger partial charge in [-0.2, -0.15) is 0 Å². The molecule has 28 heavy (non-hydrogen) atoms. The third kappa shape index (κ3) is 5.54. The molecule has 1 amide bonds. The van der Waals surface area contributed by atoms with Crippen molar-refractivity contribution < 1.29 is 9.36 Å². The van der Waals surface area contributed by atoms with E-state index >= 15 is 0 Å². The van der Waals surface area contributed by atoms with Crippen molar-refractivity contribution in [3.05, 3.63) is 90.5 Å². The number of hydrogen-bond donors (Lipinski definition) is 2. The van der Waals surface area contributed by atoms with Crippen LogP contribution in [0.1, 0.15) is 42.5 Å². The van der Waals surface area contributed by atoms with Gasteiger partial charge < -0.3 is 11.1 Å². The number of carbonyl (C=O) groups excluding carboxylic acids is 1. The van der Waals surface area contributed by atoms with Crippen LogP contribution in [0.5, 0.6) is 0 Å². The summed E-state index contributed by atoms with van der Waals surface area (Å²) in [5, 5.41) is 3.16. The lowest BCUT2D eigenvalue weighted by atomic mass is 9.94. The van der Waals surface area contributed by atoms with Crippen molar-refractivity contribution in [3.8, 4) is 0 Å². The highest BCUT2D eigenvalue weighted by Gasteiger charge is 2.23. The van der Waals surface area contributed by atoms with E-state index in [0.717, 1.165) is 30.5 Å². The molecule has 0 aliphatic heterocycles. The lowest BCUT2D eigenvalue weighted by Crippen LogP contribution is -2.35. The smallest absolute Gasteiger partial charge is 0.243 e. The van der Waals surface area contributed by atoms with Crippen molar-refractivity contribution in [3.63, 3.8) is 0 Å². The maximum Gasteiger partial charge on any atom is 0.243 e. The van der Waals surface area contributed by atoms with Gasteiger partial charge in [-0.05, 0) is 24.0 Å². The molecule has 0 spiro atoms. The van der Waals surface area contributed by atoms with Gasteiger partial charge in [-0.1, -0.05) is 60.7 Å². The van der Waals surface area contributed by atoms with E-state index in [2.05, 4.69) is 9.88 Å². The summed E-state index contributed by atoms with van der Waals surface area (Å²) in [4.78, 5) is 12.6. The zero-order valence-corrected chi connectivity index (χ0v) is 16.4. The van der Waals surface area contributed by atoms with Gasteiger partial charge in [0.25, 0.3) is 0 Å². The molecule has 0 unspecified atom stereocenters. The Balaban J connectivity index is 1.58. The Labute approximate surface area is 166 Å². The summed E-state index contributed by atoms with van der Waals surface area (Å²) < 4.78 is 4.15. The average Bonchev–Trinajstić information content (AvgIpc) is 3.15. The zero-order chi connectivity index (χ0) is 19.8. The van der Waals surface area contributed by atoms with Gasteiger partial charge in [-0.25, -0.2) is 9.13 Å². The summed E-state index contributed by atoms with van der Waals surface area (Å²) in [5.74, 6) is 0.0401. The van der Waals surface area contributed by atoms with Crippen LogP contribution in [0.2, 0.25) is 0 Å². The number of rotatable bonds is 9. The van der Waals surface area contributed by atoms with Crippen molar-refractivity contribution in [1.82, 2.24) is 9.88 Å². The number of hydrogen-bond acceptors (Lipinski definition) is 2. The molecule has 1 aromatic heterocycles. The number of unbranched alkanes of at least 4 members (excludes halogenated alkanes) is 1. The minimum atomic E-state index is -0.299. The number of benzene rings is 2. The van der Waals surface area contributed by atoms with Crippen molar-refractivity contribution in [2.24, 2.45) is 12.8 Å². The Bertz CT molecular complexity index is 861. The Morgan fingerprint density at radius 1 is 1.04 bits per heavy atom. The third-order valence-electron chi connectivity index (χ3n) is 4.91. The zero-order valence-electron chi connectivity index (χ0n) is 16.4. The maximum atomic E-state index is 12.6. The van der Waals surface area contributed by atoms with Crippen LogP contribution in [-0.2, 0) is 18.4 Å². The first kappa shape index (κ1) is 19.8. The van der Waals surface area contributed by atoms with Crippen LogP contribution in [0.15, 0.2) is 79.4 Å². The van der Waals surface area contributed by atoms with Crippen molar-refractivity contribution >= 4 is 5.91 Å². The highest BCUT2D eigenvalue weighted by molar-refractivity contribution is 5.76. The lowest BCUT2D eigenvalue weighted by Gasteiger charge is -2.26. The number of aromatic nitrogens is 2. The van der Waals surface area contributed by atoms with Gasteiger partial charge in [0.2, 0.25) is 12.2 Å². The summed E-state index contributed by atoms with van der Waals surface area (Å²) in [7, 11) is 2.00. The first-order valence-electron chi connectivity index (χ1n) is 9.79. The molecule has 5 nitrogen and oxygen atoms in total. The standard InChI is InChI=1S/C23H28N4O/c1-26-16-17-27(18-26)15-9-8-14-21(28)25-23(20-12-6-3-7-13-20)22(24)19-10-4-2-5-11-19/h2-7,10-13,16-18,22-23H,8-9,14-15,24H2,1H3/p+1/t22-,23-/m0/s1. The molecule has 5 heteroatoms. The second kappa shape index (κ2) is 9.85. The molecule has 146 valence electrons. The molecule has 0 aliphatic rings. The van der Waals surface area contributed by atoms with Gasteiger partial charge in [0.15, 0.2) is 0 Å². The Morgan fingerprint density at radius 2 is 1.68 bits per heavy atom. The second-order valence-electron chi connectivity index (χ2n) is 7.17. The van der Waals surface area contributed by atoms with E-state index in [1.54, 1.807) is 0 Å². The van der Waals surface area contributed by atoms with E-state index in [-0.39, 0.29) is 18.0 Å². The number of nitrogens with one attached hydrogen (secondary N) is 1. The molecule has 3 rings (SSSR count). The van der Waals surface area contributed by atoms with Crippen LogP contribution in [-0.4, -0.2) is 10.5 Å². The molecular formula is C23H29N4O+. The Kier molecular flexibility index (Phi) is 6.98. The van der Waals surface area contributed by atoms with Crippen LogP contribution < -0.4 is 15.6 Å². The normalized spacial score (nSPS) is 13.1. The van der Waals surface area contributed by atoms with Gasteiger partial charge in [-0.3, -0.25) is 4.79 Å². The van der Waals surface area contributed by atoms with Crippen LogP contribution in [0.4, 0.5) is 0 Å². The fourth-order valence-electron chi connectivity index (χ4n) is 3.37. The average molecular weight is 378 g/mol. The first-order valence-corrected chi connectivity index (χ1v) is 9.79. The highest BCUT2D eigenvalue weighted by Crippen LogP contribution is 2.26. The van der Waals surface area contributed by atoms with Gasteiger partial charge in [0.05, 0.1) is 25.7 Å². The maximum absolute atomic E-state index is 12.6. The summed E-state index contributed by atoms with van der Waals surface area (Å²) in [5.41, 5.74) is 8.56. The van der Waals surface area contributed by atoms with Crippen LogP contribution in [0, 0.1) is 0 Å². The number of nitrogens with two attached hydrogens (primary N) is 1. The second-order valence-corrected chi connectivity index (χ2v) is 7.17. The number of amides is 1. The molecule has 2 aromatic carbocycles. The minimum Gasteiger partial charge on any atom is -0.347 e. The molecule has 1 heterocycles. The molecule has 0 saturated carbocycles. The highest BCUT2D eigenvalue weighted by atomic mass is 16.1. The molecule has 0 aliphatic carbocycles. The van der Waals surface area contributed by atoms with Gasteiger partial charge in [0, 0.05) is 6.42 Å². The summed E-state index contributed by atoms with van der Waals surface area (Å²) in [6, 6.07) is 19.3. The summed E-state index contributed by atoms with van der Waals surface area (Å²) >= 11 is 0. The van der Waals surface area contributed by atoms with Crippen molar-refractivity contribution in [1.29, 1.82) is 0 Å². The summed E-state index contributed by atoms with van der Waals surface area (Å²) in [6.45, 7) is 0.916. The van der Waals surface area contributed by atoms with E-state index in [9.17, 15) is 4.79 Å². The van der Waals surface area contributed by atoms with Gasteiger partial charge in [-0.15, -0.1) is 0 Å². The fraction of sp³-hybridized carbons (Fsp3) is 0.304. The third-order valence-corrected chi connectivity index (χ3v) is 4.91. The quantitative estimate of drug-likeness (QED) is 0.445. The van der Waals surface area contributed by atoms with E-state index < -0.39 is 0 Å². The number of nitrogens with zero attached hydrogens (tertiary/aromatic N) is 2. The molecule has 0 fully saturated rings. The monoisotopic (exact) mass is 377 g/mol. The molecule has 0 radical (unpaired) electrons. The predicted octanol–water partition coefficient (Wildman–Crippen LogP) is 3.04. The van der Waals surface area contributed by atoms with Crippen molar-refractivity contribution in [2.75, 3.05) is 0 Å². The van der Waals surface area contributed by atoms with E-state index in [1.807, 2.05) is 91.0 Å². The topological polar surface area (TPSA) is 63.9 Å². The van der Waals surface area contributed by atoms with Crippen molar-refractivity contribution in [2.45, 2.75) is 37.9 Å². The lowest BCUT2D eigenvalue weighted by molar-refractivity contribution is -0.671. The fourth-order valence-corrected chi connectivity index (χ4v) is 3.37. The van der Waals surface area contributed by atoms with E-state index in [0.29, 0.717) is 6.42 Å². The van der Waals surface area contributed by atoms with Crippen LogP contribution >= 0.6 is 0 Å². The van der Waals surface area contributed by atoms with Gasteiger partial charge in [0.1, 0.15) is 12.4 Å². The van der Waals surface area contributed by atoms with Gasteiger partial charge >= 0.3 is 0 Å². The number of imidazole rings is 1. The molecule has 0 bridgehead atoms. The Morgan fingerprint density at radius 3 is 2.29 bits per heavy atom. The summed E-state index contributed by atoms with van der Waals surface area (Å²) in [6.07, 6.45) is 8.41. The molecule has 2 atom stereocenters. The van der Waals surface area contributed by atoms with E-state index in [4.69, 9.17) is 5.73 Å². The molecule has 3 aromatic rings.